The van der Waals surface area contributed by atoms with Crippen LogP contribution in [0.1, 0.15) is 6.92 Å². The first-order chi connectivity index (χ1) is 11.2. The Morgan fingerprint density at radius 3 is 2.96 bits per heavy atom. The van der Waals surface area contributed by atoms with E-state index < -0.39 is 0 Å². The average Bonchev–Trinajstić information content (AvgIpc) is 2.54. The molecule has 0 radical (unpaired) electrons. The minimum absolute atomic E-state index is 0.0251. The average molecular weight is 345 g/mol. The Labute approximate surface area is 145 Å². The quantitative estimate of drug-likeness (QED) is 0.836. The fraction of sp³-hybridized carbons (Fsp3) is 0.278. The number of thioether (sulfide) groups is 2. The highest BCUT2D eigenvalue weighted by atomic mass is 32.2. The largest absolute Gasteiger partial charge is 0.360 e. The number of nitrogens with zero attached hydrogens (tertiary/aromatic N) is 1. The molecule has 5 heteroatoms. The predicted molar refractivity (Wildman–Crippen MR) is 101 cm³/mol. The van der Waals surface area contributed by atoms with E-state index in [0.717, 1.165) is 22.8 Å². The molecule has 0 unspecified atom stereocenters. The van der Waals surface area contributed by atoms with Gasteiger partial charge < -0.3 is 10.2 Å². The van der Waals surface area contributed by atoms with Gasteiger partial charge >= 0.3 is 0 Å². The minimum atomic E-state index is 0.0251. The molecule has 23 heavy (non-hydrogen) atoms. The molecule has 1 amide bonds. The van der Waals surface area contributed by atoms with Crippen LogP contribution < -0.4 is 10.2 Å². The zero-order chi connectivity index (χ0) is 16.2. The number of anilines is 2. The second-order valence-corrected chi connectivity index (χ2v) is 7.92. The lowest BCUT2D eigenvalue weighted by Gasteiger charge is -2.33. The molecule has 0 aromatic heterocycles. The summed E-state index contributed by atoms with van der Waals surface area (Å²) in [5.41, 5.74) is 2.01. The molecular formula is C18H20N2OS2. The van der Waals surface area contributed by atoms with Gasteiger partial charge in [0.15, 0.2) is 0 Å². The van der Waals surface area contributed by atoms with E-state index in [1.54, 1.807) is 11.8 Å². The van der Waals surface area contributed by atoms with Crippen LogP contribution in [-0.2, 0) is 4.79 Å². The molecule has 0 bridgehead atoms. The summed E-state index contributed by atoms with van der Waals surface area (Å²) >= 11 is 3.55. The van der Waals surface area contributed by atoms with Crippen LogP contribution in [0.2, 0.25) is 0 Å². The number of carbonyl (C=O) groups excluding carboxylic acids is 1. The third-order valence-electron chi connectivity index (χ3n) is 3.70. The third kappa shape index (κ3) is 4.03. The Balaban J connectivity index is 1.70. The summed E-state index contributed by atoms with van der Waals surface area (Å²) in [4.78, 5) is 17.0. The molecule has 1 heterocycles. The van der Waals surface area contributed by atoms with Crippen molar-refractivity contribution in [2.24, 2.45) is 0 Å². The molecule has 3 nitrogen and oxygen atoms in total. The first-order valence-electron chi connectivity index (χ1n) is 7.60. The molecule has 2 aromatic carbocycles. The standard InChI is InChI=1S/C18H20N2OS2/c1-13-11-20(16-8-3-4-9-17(16)23-13)12-18(21)19-14-6-5-7-15(10-14)22-2/h3-10,13H,11-12H2,1-2H3,(H,19,21)/t13-/m1/s1. The second-order valence-electron chi connectivity index (χ2n) is 5.56. The Bertz CT molecular complexity index is 705. The van der Waals surface area contributed by atoms with Crippen molar-refractivity contribution in [1.82, 2.24) is 0 Å². The maximum atomic E-state index is 12.4. The second kappa shape index (κ2) is 7.32. The first kappa shape index (κ1) is 16.3. The number of hydrogen-bond acceptors (Lipinski definition) is 4. The molecule has 2 aromatic rings. The highest BCUT2D eigenvalue weighted by Gasteiger charge is 2.23. The fourth-order valence-corrected chi connectivity index (χ4v) is 4.33. The maximum Gasteiger partial charge on any atom is 0.243 e. The van der Waals surface area contributed by atoms with E-state index in [9.17, 15) is 4.79 Å². The van der Waals surface area contributed by atoms with Crippen molar-refractivity contribution in [3.63, 3.8) is 0 Å². The Hall–Kier alpha value is -1.59. The van der Waals surface area contributed by atoms with Gasteiger partial charge in [-0.15, -0.1) is 23.5 Å². The van der Waals surface area contributed by atoms with Crippen LogP contribution in [-0.4, -0.2) is 30.5 Å². The van der Waals surface area contributed by atoms with E-state index >= 15 is 0 Å². The van der Waals surface area contributed by atoms with Crippen LogP contribution in [0.4, 0.5) is 11.4 Å². The molecule has 1 aliphatic heterocycles. The summed E-state index contributed by atoms with van der Waals surface area (Å²) < 4.78 is 0. The molecule has 120 valence electrons. The summed E-state index contributed by atoms with van der Waals surface area (Å²) in [6.07, 6.45) is 2.03. The van der Waals surface area contributed by atoms with Gasteiger partial charge in [0.2, 0.25) is 5.91 Å². The van der Waals surface area contributed by atoms with Gasteiger partial charge in [-0.2, -0.15) is 0 Å². The van der Waals surface area contributed by atoms with Gasteiger partial charge in [0.25, 0.3) is 0 Å². The highest BCUT2D eigenvalue weighted by Crippen LogP contribution is 2.37. The molecule has 1 aliphatic rings. The Morgan fingerprint density at radius 1 is 1.30 bits per heavy atom. The van der Waals surface area contributed by atoms with Crippen LogP contribution in [0.3, 0.4) is 0 Å². The van der Waals surface area contributed by atoms with E-state index in [1.165, 1.54) is 4.90 Å². The number of benzene rings is 2. The van der Waals surface area contributed by atoms with Gasteiger partial charge in [-0.1, -0.05) is 25.1 Å². The van der Waals surface area contributed by atoms with Crippen molar-refractivity contribution in [2.45, 2.75) is 22.0 Å². The minimum Gasteiger partial charge on any atom is -0.360 e. The van der Waals surface area contributed by atoms with Gasteiger partial charge in [0, 0.05) is 27.3 Å². The van der Waals surface area contributed by atoms with E-state index in [-0.39, 0.29) is 5.91 Å². The van der Waals surface area contributed by atoms with E-state index in [1.807, 2.05) is 48.3 Å². The zero-order valence-corrected chi connectivity index (χ0v) is 14.9. The van der Waals surface area contributed by atoms with Crippen molar-refractivity contribution >= 4 is 40.8 Å². The molecule has 0 saturated carbocycles. The van der Waals surface area contributed by atoms with Gasteiger partial charge in [-0.25, -0.2) is 0 Å². The zero-order valence-electron chi connectivity index (χ0n) is 13.3. The summed E-state index contributed by atoms with van der Waals surface area (Å²) in [5, 5.41) is 3.49. The van der Waals surface area contributed by atoms with Crippen LogP contribution in [0, 0.1) is 0 Å². The van der Waals surface area contributed by atoms with E-state index in [2.05, 4.69) is 35.3 Å². The molecular weight excluding hydrogens is 324 g/mol. The predicted octanol–water partition coefficient (Wildman–Crippen LogP) is 4.35. The van der Waals surface area contributed by atoms with Gasteiger partial charge in [-0.05, 0) is 36.6 Å². The first-order valence-corrected chi connectivity index (χ1v) is 9.70. The molecule has 1 N–H and O–H groups in total. The molecule has 0 aliphatic carbocycles. The van der Waals surface area contributed by atoms with E-state index in [0.29, 0.717) is 11.8 Å². The Morgan fingerprint density at radius 2 is 2.13 bits per heavy atom. The molecule has 0 fully saturated rings. The fourth-order valence-electron chi connectivity index (χ4n) is 2.71. The van der Waals surface area contributed by atoms with E-state index in [4.69, 9.17) is 0 Å². The van der Waals surface area contributed by atoms with Gasteiger partial charge in [-0.3, -0.25) is 4.79 Å². The topological polar surface area (TPSA) is 32.3 Å². The lowest BCUT2D eigenvalue weighted by atomic mass is 10.2. The lowest BCUT2D eigenvalue weighted by molar-refractivity contribution is -0.115. The van der Waals surface area contributed by atoms with Crippen molar-refractivity contribution in [1.29, 1.82) is 0 Å². The lowest BCUT2D eigenvalue weighted by Crippen LogP contribution is -2.39. The number of carbonyl (C=O) groups is 1. The number of nitrogens with one attached hydrogen (secondary N) is 1. The number of fused-ring (bicyclic) bond motifs is 1. The summed E-state index contributed by atoms with van der Waals surface area (Å²) in [7, 11) is 0. The molecule has 3 rings (SSSR count). The van der Waals surface area contributed by atoms with Crippen LogP contribution in [0.15, 0.2) is 58.3 Å². The third-order valence-corrected chi connectivity index (χ3v) is 5.58. The van der Waals surface area contributed by atoms with Gasteiger partial charge in [0.1, 0.15) is 0 Å². The molecule has 1 atom stereocenters. The number of rotatable bonds is 4. The van der Waals surface area contributed by atoms with Crippen molar-refractivity contribution in [3.8, 4) is 0 Å². The van der Waals surface area contributed by atoms with Crippen molar-refractivity contribution in [2.75, 3.05) is 29.6 Å². The van der Waals surface area contributed by atoms with Crippen LogP contribution in [0.5, 0.6) is 0 Å². The van der Waals surface area contributed by atoms with Crippen molar-refractivity contribution < 1.29 is 4.79 Å². The maximum absolute atomic E-state index is 12.4. The van der Waals surface area contributed by atoms with Crippen molar-refractivity contribution in [3.05, 3.63) is 48.5 Å². The van der Waals surface area contributed by atoms with Crippen LogP contribution in [0.25, 0.3) is 0 Å². The number of para-hydroxylation sites is 1. The summed E-state index contributed by atoms with van der Waals surface area (Å²) in [6.45, 7) is 3.47. The number of hydrogen-bond donors (Lipinski definition) is 1. The Kier molecular flexibility index (Phi) is 5.18. The summed E-state index contributed by atoms with van der Waals surface area (Å²) in [5.74, 6) is 0.0251. The summed E-state index contributed by atoms with van der Waals surface area (Å²) in [6, 6.07) is 16.2. The molecule has 0 spiro atoms. The SMILES string of the molecule is CSc1cccc(NC(=O)CN2C[C@@H](C)Sc3ccccc32)c1. The number of amides is 1. The normalized spacial score (nSPS) is 16.8. The highest BCUT2D eigenvalue weighted by molar-refractivity contribution is 8.00. The van der Waals surface area contributed by atoms with Gasteiger partial charge in [0.05, 0.1) is 12.2 Å². The van der Waals surface area contributed by atoms with Crippen LogP contribution >= 0.6 is 23.5 Å². The molecule has 0 saturated heterocycles. The monoisotopic (exact) mass is 344 g/mol. The smallest absolute Gasteiger partial charge is 0.243 e.